The first-order valence-corrected chi connectivity index (χ1v) is 4.48. The summed E-state index contributed by atoms with van der Waals surface area (Å²) in [5.74, 6) is 0.567. The SMILES string of the molecule is [3H]C1CNc2cc(C(C)C)ccc21. The molecule has 1 aliphatic heterocycles. The fourth-order valence-corrected chi connectivity index (χ4v) is 1.54. The Morgan fingerprint density at radius 2 is 2.33 bits per heavy atom. The van der Waals surface area contributed by atoms with Crippen molar-refractivity contribution in [3.63, 3.8) is 0 Å². The zero-order chi connectivity index (χ0) is 9.42. The third-order valence-electron chi connectivity index (χ3n) is 2.36. The number of fused-ring (bicyclic) bond motifs is 1. The van der Waals surface area contributed by atoms with Gasteiger partial charge in [0.25, 0.3) is 0 Å². The van der Waals surface area contributed by atoms with E-state index in [1.807, 2.05) is 0 Å². The van der Waals surface area contributed by atoms with Gasteiger partial charge in [-0.1, -0.05) is 26.0 Å². The van der Waals surface area contributed by atoms with Crippen LogP contribution in [0.3, 0.4) is 0 Å². The van der Waals surface area contributed by atoms with Gasteiger partial charge in [0.05, 0.1) is 0 Å². The van der Waals surface area contributed by atoms with E-state index in [1.165, 1.54) is 5.56 Å². The normalized spacial score (nSPS) is 21.9. The van der Waals surface area contributed by atoms with Gasteiger partial charge in [-0.15, -0.1) is 0 Å². The van der Waals surface area contributed by atoms with Gasteiger partial charge in [-0.2, -0.15) is 0 Å². The molecule has 0 amide bonds. The molecule has 1 heteroatoms. The van der Waals surface area contributed by atoms with E-state index >= 15 is 0 Å². The molecule has 1 unspecified atom stereocenters. The Kier molecular flexibility index (Phi) is 1.53. The van der Waals surface area contributed by atoms with Crippen LogP contribution < -0.4 is 5.32 Å². The average molecular weight is 163 g/mol. The first-order valence-electron chi connectivity index (χ1n) is 5.06. The Morgan fingerprint density at radius 1 is 1.50 bits per heavy atom. The zero-order valence-electron chi connectivity index (χ0n) is 8.59. The summed E-state index contributed by atoms with van der Waals surface area (Å²) in [7, 11) is 0. The van der Waals surface area contributed by atoms with Crippen LogP contribution in [0.2, 0.25) is 0 Å². The quantitative estimate of drug-likeness (QED) is 0.671. The minimum absolute atomic E-state index is 0.0730. The lowest BCUT2D eigenvalue weighted by Crippen LogP contribution is -1.92. The predicted octanol–water partition coefficient (Wildman–Crippen LogP) is 2.78. The fraction of sp³-hybridized carbons (Fsp3) is 0.455. The molecule has 2 rings (SSSR count). The van der Waals surface area contributed by atoms with Crippen LogP contribution in [0.1, 0.15) is 32.3 Å². The van der Waals surface area contributed by atoms with Crippen LogP contribution in [0.4, 0.5) is 5.69 Å². The van der Waals surface area contributed by atoms with Crippen molar-refractivity contribution < 1.29 is 1.37 Å². The first kappa shape index (κ1) is 6.53. The van der Waals surface area contributed by atoms with Gasteiger partial charge in [-0.25, -0.2) is 0 Å². The van der Waals surface area contributed by atoms with E-state index in [0.29, 0.717) is 5.92 Å². The number of anilines is 1. The van der Waals surface area contributed by atoms with E-state index in [2.05, 4.69) is 37.4 Å². The maximum Gasteiger partial charge on any atom is 0.0376 e. The van der Waals surface area contributed by atoms with Crippen molar-refractivity contribution in [3.8, 4) is 0 Å². The second-order valence-electron chi connectivity index (χ2n) is 3.59. The van der Waals surface area contributed by atoms with Crippen LogP contribution in [0.25, 0.3) is 0 Å². The Morgan fingerprint density at radius 3 is 3.08 bits per heavy atom. The molecule has 64 valence electrons. The minimum Gasteiger partial charge on any atom is -0.384 e. The molecule has 12 heavy (non-hydrogen) atoms. The first-order chi connectivity index (χ1) is 6.18. The lowest BCUT2D eigenvalue weighted by molar-refractivity contribution is 0.867. The van der Waals surface area contributed by atoms with Gasteiger partial charge in [0.1, 0.15) is 0 Å². The molecule has 0 spiro atoms. The highest BCUT2D eigenvalue weighted by atomic mass is 14.9. The fourth-order valence-electron chi connectivity index (χ4n) is 1.54. The smallest absolute Gasteiger partial charge is 0.0376 e. The molecule has 1 atom stereocenters. The number of benzene rings is 1. The molecule has 0 aliphatic carbocycles. The van der Waals surface area contributed by atoms with Crippen molar-refractivity contribution in [1.82, 2.24) is 0 Å². The van der Waals surface area contributed by atoms with E-state index in [9.17, 15) is 0 Å². The van der Waals surface area contributed by atoms with Crippen LogP contribution in [-0.2, 0) is 6.40 Å². The molecule has 1 nitrogen and oxygen atoms in total. The summed E-state index contributed by atoms with van der Waals surface area (Å²) in [5, 5.41) is 3.26. The summed E-state index contributed by atoms with van der Waals surface area (Å²) in [6.07, 6.45) is -0.0730. The maximum absolute atomic E-state index is 7.73. The van der Waals surface area contributed by atoms with Gasteiger partial charge in [-0.05, 0) is 29.5 Å². The highest BCUT2D eigenvalue weighted by Gasteiger charge is 2.10. The van der Waals surface area contributed by atoms with E-state index in [0.717, 1.165) is 17.8 Å². The summed E-state index contributed by atoms with van der Waals surface area (Å²) < 4.78 is 7.73. The van der Waals surface area contributed by atoms with E-state index in [4.69, 9.17) is 1.37 Å². The Labute approximate surface area is 75.2 Å². The highest BCUT2D eigenvalue weighted by molar-refractivity contribution is 5.57. The van der Waals surface area contributed by atoms with Crippen LogP contribution in [-0.4, -0.2) is 6.54 Å². The minimum atomic E-state index is -0.0730. The topological polar surface area (TPSA) is 12.0 Å². The molecule has 0 saturated carbocycles. The van der Waals surface area contributed by atoms with E-state index in [-0.39, 0.29) is 6.40 Å². The van der Waals surface area contributed by atoms with Crippen LogP contribution >= 0.6 is 0 Å². The maximum atomic E-state index is 7.73. The molecule has 1 N–H and O–H groups in total. The molecule has 1 aromatic carbocycles. The second kappa shape index (κ2) is 2.81. The molecule has 0 aromatic heterocycles. The predicted molar refractivity (Wildman–Crippen MR) is 52.7 cm³/mol. The van der Waals surface area contributed by atoms with Gasteiger partial charge in [-0.3, -0.25) is 0 Å². The second-order valence-corrected chi connectivity index (χ2v) is 3.59. The van der Waals surface area contributed by atoms with Gasteiger partial charge in [0, 0.05) is 13.6 Å². The lowest BCUT2D eigenvalue weighted by atomic mass is 10.0. The van der Waals surface area contributed by atoms with E-state index in [1.54, 1.807) is 0 Å². The van der Waals surface area contributed by atoms with Crippen molar-refractivity contribution in [2.45, 2.75) is 26.2 Å². The van der Waals surface area contributed by atoms with Crippen LogP contribution in [0.15, 0.2) is 18.2 Å². The average Bonchev–Trinajstić information content (AvgIpc) is 2.47. The van der Waals surface area contributed by atoms with Crippen molar-refractivity contribution >= 4 is 5.69 Å². The summed E-state index contributed by atoms with van der Waals surface area (Å²) >= 11 is 0. The number of hydrogen-bond donors (Lipinski definition) is 1. The summed E-state index contributed by atoms with van der Waals surface area (Å²) in [4.78, 5) is 0. The van der Waals surface area contributed by atoms with Gasteiger partial charge >= 0.3 is 0 Å². The Balaban J connectivity index is 2.40. The van der Waals surface area contributed by atoms with Crippen molar-refractivity contribution in [3.05, 3.63) is 29.3 Å². The molecule has 0 fully saturated rings. The zero-order valence-corrected chi connectivity index (χ0v) is 7.59. The Bertz CT molecular complexity index is 320. The van der Waals surface area contributed by atoms with Gasteiger partial charge in [0.15, 0.2) is 0 Å². The number of hydrogen-bond acceptors (Lipinski definition) is 1. The molecular weight excluding hydrogens is 146 g/mol. The number of nitrogens with one attached hydrogen (secondary N) is 1. The van der Waals surface area contributed by atoms with Gasteiger partial charge < -0.3 is 5.32 Å². The standard InChI is InChI=1S/C11H15N/c1-8(2)10-4-3-9-5-6-12-11(9)7-10/h3-4,7-8,12H,5-6H2,1-2H3/i5T. The highest BCUT2D eigenvalue weighted by Crippen LogP contribution is 2.26. The van der Waals surface area contributed by atoms with E-state index < -0.39 is 0 Å². The molecule has 1 aromatic rings. The Hall–Kier alpha value is -0.980. The lowest BCUT2D eigenvalue weighted by Gasteiger charge is -2.07. The molecule has 0 bridgehead atoms. The monoisotopic (exact) mass is 163 g/mol. The van der Waals surface area contributed by atoms with Crippen molar-refractivity contribution in [2.75, 3.05) is 11.9 Å². The van der Waals surface area contributed by atoms with Crippen molar-refractivity contribution in [2.24, 2.45) is 0 Å². The summed E-state index contributed by atoms with van der Waals surface area (Å²) in [6, 6.07) is 6.40. The number of rotatable bonds is 1. The third kappa shape index (κ3) is 1.20. The van der Waals surface area contributed by atoms with Gasteiger partial charge in [0.2, 0.25) is 0 Å². The molecule has 0 saturated heterocycles. The van der Waals surface area contributed by atoms with Crippen molar-refractivity contribution in [1.29, 1.82) is 0 Å². The molecule has 1 aliphatic rings. The summed E-state index contributed by atoms with van der Waals surface area (Å²) in [5.41, 5.74) is 3.65. The molecule has 0 radical (unpaired) electrons. The third-order valence-corrected chi connectivity index (χ3v) is 2.36. The van der Waals surface area contributed by atoms with Crippen LogP contribution in [0, 0.1) is 0 Å². The molecule has 1 heterocycles. The summed E-state index contributed by atoms with van der Waals surface area (Å²) in [6.45, 7) is 5.14. The van der Waals surface area contributed by atoms with Crippen LogP contribution in [0.5, 0.6) is 0 Å². The molecular formula is C11H15N. The largest absolute Gasteiger partial charge is 0.384 e.